The van der Waals surface area contributed by atoms with Gasteiger partial charge in [0.05, 0.1) is 5.69 Å². The Bertz CT molecular complexity index is 523. The second kappa shape index (κ2) is 4.14. The molecule has 82 valence electrons. The van der Waals surface area contributed by atoms with E-state index in [4.69, 9.17) is 0 Å². The maximum Gasteiger partial charge on any atom is 0.261 e. The summed E-state index contributed by atoms with van der Waals surface area (Å²) in [6.07, 6.45) is 1.34. The predicted molar refractivity (Wildman–Crippen MR) is 68.1 cm³/mol. The Hall–Kier alpha value is -0.940. The molecule has 0 aliphatic carbocycles. The summed E-state index contributed by atoms with van der Waals surface area (Å²) in [6.45, 7) is 1.63. The number of anilines is 1. The third kappa shape index (κ3) is 1.85. The van der Waals surface area contributed by atoms with E-state index in [1.165, 1.54) is 6.08 Å². The molecule has 0 radical (unpaired) electrons. The van der Waals surface area contributed by atoms with Crippen LogP contribution < -0.4 is 4.90 Å². The van der Waals surface area contributed by atoms with Gasteiger partial charge in [0.15, 0.2) is 0 Å². The number of hydrogen-bond donors (Lipinski definition) is 0. The van der Waals surface area contributed by atoms with Crippen molar-refractivity contribution >= 4 is 49.4 Å². The van der Waals surface area contributed by atoms with Crippen molar-refractivity contribution in [2.24, 2.45) is 0 Å². The summed E-state index contributed by atoms with van der Waals surface area (Å²) < 4.78 is 1.58. The highest BCUT2D eigenvalue weighted by Gasteiger charge is 2.30. The van der Waals surface area contributed by atoms with Crippen molar-refractivity contribution in [3.05, 3.63) is 38.8 Å². The molecule has 0 aromatic heterocycles. The number of benzene rings is 1. The second-order valence-corrected chi connectivity index (χ2v) is 5.17. The second-order valence-electron chi connectivity index (χ2n) is 3.40. The molecule has 0 N–H and O–H groups in total. The average molecular weight is 345 g/mol. The summed E-state index contributed by atoms with van der Waals surface area (Å²) in [5.74, 6) is -0.571. The van der Waals surface area contributed by atoms with Crippen LogP contribution in [-0.2, 0) is 9.59 Å². The van der Waals surface area contributed by atoms with Crippen LogP contribution in [0.2, 0.25) is 0 Å². The minimum absolute atomic E-state index is 0.270. The van der Waals surface area contributed by atoms with Crippen molar-refractivity contribution in [3.63, 3.8) is 0 Å². The maximum atomic E-state index is 11.8. The molecule has 1 aromatic rings. The van der Waals surface area contributed by atoms with E-state index < -0.39 is 0 Å². The zero-order valence-electron chi connectivity index (χ0n) is 8.33. The van der Waals surface area contributed by atoms with Gasteiger partial charge in [0.25, 0.3) is 11.8 Å². The lowest BCUT2D eigenvalue weighted by atomic mass is 10.3. The quantitative estimate of drug-likeness (QED) is 0.734. The van der Waals surface area contributed by atoms with E-state index in [-0.39, 0.29) is 11.8 Å². The summed E-state index contributed by atoms with van der Waals surface area (Å²) in [7, 11) is 0. The van der Waals surface area contributed by atoms with Gasteiger partial charge in [-0.3, -0.25) is 9.59 Å². The van der Waals surface area contributed by atoms with Gasteiger partial charge in [-0.05, 0) is 41.1 Å². The van der Waals surface area contributed by atoms with Gasteiger partial charge >= 0.3 is 0 Å². The summed E-state index contributed by atoms with van der Waals surface area (Å²) in [5.41, 5.74) is 1.02. The molecule has 2 amide bonds. The summed E-state index contributed by atoms with van der Waals surface area (Å²) >= 11 is 6.65. The van der Waals surface area contributed by atoms with Crippen LogP contribution in [0.4, 0.5) is 5.69 Å². The van der Waals surface area contributed by atoms with Gasteiger partial charge in [-0.1, -0.05) is 15.9 Å². The molecule has 0 saturated heterocycles. The summed E-state index contributed by atoms with van der Waals surface area (Å²) in [5, 5.41) is 0. The number of carbonyl (C=O) groups is 2. The lowest BCUT2D eigenvalue weighted by Crippen LogP contribution is -2.30. The normalized spacial score (nSPS) is 15.7. The fraction of sp³-hybridized carbons (Fsp3) is 0.0909. The first-order valence-corrected chi connectivity index (χ1v) is 6.11. The number of rotatable bonds is 1. The van der Waals surface area contributed by atoms with Crippen LogP contribution in [0.15, 0.2) is 38.8 Å². The van der Waals surface area contributed by atoms with Gasteiger partial charge in [-0.15, -0.1) is 0 Å². The van der Waals surface area contributed by atoms with Crippen LogP contribution in [0, 0.1) is 0 Å². The fourth-order valence-electron chi connectivity index (χ4n) is 1.48. The molecule has 0 atom stereocenters. The molecule has 2 rings (SSSR count). The van der Waals surface area contributed by atoms with E-state index in [1.807, 2.05) is 0 Å². The molecular formula is C11H7Br2NO2. The van der Waals surface area contributed by atoms with Crippen LogP contribution in [0.1, 0.15) is 6.92 Å². The highest BCUT2D eigenvalue weighted by Crippen LogP contribution is 2.32. The smallest absolute Gasteiger partial charge is 0.261 e. The Morgan fingerprint density at radius 2 is 1.88 bits per heavy atom. The van der Waals surface area contributed by atoms with Crippen molar-refractivity contribution in [1.29, 1.82) is 0 Å². The molecule has 16 heavy (non-hydrogen) atoms. The van der Waals surface area contributed by atoms with Gasteiger partial charge in [0, 0.05) is 20.6 Å². The highest BCUT2D eigenvalue weighted by atomic mass is 79.9. The Morgan fingerprint density at radius 1 is 1.19 bits per heavy atom. The fourth-order valence-corrected chi connectivity index (χ4v) is 2.70. The lowest BCUT2D eigenvalue weighted by Gasteiger charge is -2.16. The first kappa shape index (κ1) is 11.5. The Kier molecular flexibility index (Phi) is 2.99. The van der Waals surface area contributed by atoms with Crippen molar-refractivity contribution in [3.8, 4) is 0 Å². The van der Waals surface area contributed by atoms with Crippen LogP contribution in [0.3, 0.4) is 0 Å². The van der Waals surface area contributed by atoms with Crippen LogP contribution in [0.5, 0.6) is 0 Å². The largest absolute Gasteiger partial charge is 0.269 e. The van der Waals surface area contributed by atoms with E-state index in [0.717, 1.165) is 9.37 Å². The van der Waals surface area contributed by atoms with E-state index in [9.17, 15) is 9.59 Å². The van der Waals surface area contributed by atoms with Crippen molar-refractivity contribution < 1.29 is 9.59 Å². The molecule has 0 unspecified atom stereocenters. The van der Waals surface area contributed by atoms with Crippen LogP contribution >= 0.6 is 31.9 Å². The van der Waals surface area contributed by atoms with Gasteiger partial charge in [0.2, 0.25) is 0 Å². The Labute approximate surface area is 109 Å². The molecule has 1 aromatic carbocycles. The van der Waals surface area contributed by atoms with Gasteiger partial charge in [0.1, 0.15) is 0 Å². The first-order chi connectivity index (χ1) is 7.50. The molecule has 0 spiro atoms. The third-order valence-corrected chi connectivity index (χ3v) is 3.38. The highest BCUT2D eigenvalue weighted by molar-refractivity contribution is 9.11. The number of amides is 2. The van der Waals surface area contributed by atoms with Crippen molar-refractivity contribution in [2.45, 2.75) is 6.92 Å². The molecule has 5 heteroatoms. The standard InChI is InChI=1S/C11H7Br2NO2/c1-6-4-10(15)14(11(6)16)9-3-2-7(12)5-8(9)13/h2-5H,1H3. The molecule has 0 fully saturated rings. The molecule has 0 bridgehead atoms. The maximum absolute atomic E-state index is 11.8. The number of nitrogens with zero attached hydrogens (tertiary/aromatic N) is 1. The first-order valence-electron chi connectivity index (χ1n) is 4.52. The van der Waals surface area contributed by atoms with E-state index >= 15 is 0 Å². The number of imide groups is 1. The predicted octanol–water partition coefficient (Wildman–Crippen LogP) is 3.03. The zero-order chi connectivity index (χ0) is 11.9. The van der Waals surface area contributed by atoms with E-state index in [0.29, 0.717) is 15.7 Å². The monoisotopic (exact) mass is 343 g/mol. The molecular weight excluding hydrogens is 338 g/mol. The van der Waals surface area contributed by atoms with E-state index in [1.54, 1.807) is 25.1 Å². The average Bonchev–Trinajstić information content (AvgIpc) is 2.43. The minimum atomic E-state index is -0.300. The van der Waals surface area contributed by atoms with Crippen LogP contribution in [0.25, 0.3) is 0 Å². The Balaban J connectivity index is 2.47. The van der Waals surface area contributed by atoms with E-state index in [2.05, 4.69) is 31.9 Å². The number of halogens is 2. The number of carbonyl (C=O) groups excluding carboxylic acids is 2. The molecule has 0 saturated carbocycles. The Morgan fingerprint density at radius 3 is 2.38 bits per heavy atom. The van der Waals surface area contributed by atoms with Gasteiger partial charge < -0.3 is 0 Å². The molecule has 1 aliphatic rings. The molecule has 3 nitrogen and oxygen atoms in total. The minimum Gasteiger partial charge on any atom is -0.269 e. The lowest BCUT2D eigenvalue weighted by molar-refractivity contribution is -0.120. The van der Waals surface area contributed by atoms with Crippen LogP contribution in [-0.4, -0.2) is 11.8 Å². The summed E-state index contributed by atoms with van der Waals surface area (Å²) in [6, 6.07) is 5.30. The topological polar surface area (TPSA) is 37.4 Å². The summed E-state index contributed by atoms with van der Waals surface area (Å²) in [4.78, 5) is 24.5. The number of hydrogen-bond acceptors (Lipinski definition) is 2. The zero-order valence-corrected chi connectivity index (χ0v) is 11.5. The van der Waals surface area contributed by atoms with Gasteiger partial charge in [-0.2, -0.15) is 0 Å². The molecule has 1 aliphatic heterocycles. The molecule has 1 heterocycles. The van der Waals surface area contributed by atoms with Crippen molar-refractivity contribution in [2.75, 3.05) is 4.90 Å². The van der Waals surface area contributed by atoms with Gasteiger partial charge in [-0.25, -0.2) is 4.90 Å². The SMILES string of the molecule is CC1=CC(=O)N(c2ccc(Br)cc2Br)C1=O. The van der Waals surface area contributed by atoms with Crippen molar-refractivity contribution in [1.82, 2.24) is 0 Å². The third-order valence-electron chi connectivity index (χ3n) is 2.25.